The molecule has 0 atom stereocenters. The molecule has 1 fully saturated rings. The van der Waals surface area contributed by atoms with Crippen LogP contribution in [0.1, 0.15) is 12.5 Å². The predicted octanol–water partition coefficient (Wildman–Crippen LogP) is 2.92. The minimum atomic E-state index is -0.348. The number of carbonyl (C=O) groups is 1. The van der Waals surface area contributed by atoms with Gasteiger partial charge in [0.2, 0.25) is 5.91 Å². The Hall–Kier alpha value is -2.93. The third-order valence-electron chi connectivity index (χ3n) is 4.80. The zero-order valence-electron chi connectivity index (χ0n) is 15.4. The van der Waals surface area contributed by atoms with Crippen molar-refractivity contribution in [2.75, 3.05) is 42.9 Å². The van der Waals surface area contributed by atoms with E-state index in [1.807, 2.05) is 35.2 Å². The molecule has 0 unspecified atom stereocenters. The molecular weight excluding hydrogens is 344 g/mol. The van der Waals surface area contributed by atoms with Crippen LogP contribution in [-0.4, -0.2) is 48.5 Å². The highest BCUT2D eigenvalue weighted by molar-refractivity contribution is 5.92. The molecule has 1 saturated heterocycles. The third-order valence-corrected chi connectivity index (χ3v) is 4.80. The summed E-state index contributed by atoms with van der Waals surface area (Å²) < 4.78 is 0. The summed E-state index contributed by atoms with van der Waals surface area (Å²) in [7, 11) is 0. The van der Waals surface area contributed by atoms with Crippen LogP contribution in [-0.2, 0) is 11.2 Å². The van der Waals surface area contributed by atoms with Crippen molar-refractivity contribution in [2.24, 2.45) is 0 Å². The second-order valence-corrected chi connectivity index (χ2v) is 6.61. The van der Waals surface area contributed by atoms with E-state index in [2.05, 4.69) is 17.1 Å². The summed E-state index contributed by atoms with van der Waals surface area (Å²) in [5, 5.41) is 14.1. The molecule has 1 amide bonds. The first-order valence-corrected chi connectivity index (χ1v) is 9.16. The monoisotopic (exact) mass is 368 g/mol. The van der Waals surface area contributed by atoms with Crippen molar-refractivity contribution < 1.29 is 9.72 Å². The van der Waals surface area contributed by atoms with Crippen molar-refractivity contribution in [2.45, 2.75) is 13.3 Å². The van der Waals surface area contributed by atoms with Gasteiger partial charge in [0.15, 0.2) is 0 Å². The van der Waals surface area contributed by atoms with E-state index < -0.39 is 0 Å². The number of nitrogens with zero attached hydrogens (tertiary/aromatic N) is 3. The first-order valence-electron chi connectivity index (χ1n) is 9.16. The first kappa shape index (κ1) is 18.8. The van der Waals surface area contributed by atoms with E-state index in [1.54, 1.807) is 12.1 Å². The molecule has 1 aliphatic rings. The van der Waals surface area contributed by atoms with Crippen molar-refractivity contribution in [3.8, 4) is 0 Å². The topological polar surface area (TPSA) is 78.7 Å². The number of hydrogen-bond donors (Lipinski definition) is 1. The fourth-order valence-corrected chi connectivity index (χ4v) is 3.26. The fraction of sp³-hybridized carbons (Fsp3) is 0.350. The fourth-order valence-electron chi connectivity index (χ4n) is 3.26. The number of amides is 1. The zero-order chi connectivity index (χ0) is 19.2. The SMILES string of the molecule is CCc1ccc(NC(=O)CN2CCN(c3ccccc3[N+](=O)[O-])CC2)cc1. The summed E-state index contributed by atoms with van der Waals surface area (Å²) in [5.41, 5.74) is 2.80. The number of piperazine rings is 1. The van der Waals surface area contributed by atoms with Crippen molar-refractivity contribution in [1.29, 1.82) is 0 Å². The Labute approximate surface area is 158 Å². The van der Waals surface area contributed by atoms with Gasteiger partial charge in [0.1, 0.15) is 5.69 Å². The smallest absolute Gasteiger partial charge is 0.292 e. The molecule has 2 aromatic rings. The van der Waals surface area contributed by atoms with Crippen LogP contribution < -0.4 is 10.2 Å². The standard InChI is InChI=1S/C20H24N4O3/c1-2-16-7-9-17(10-8-16)21-20(25)15-22-11-13-23(14-12-22)18-5-3-4-6-19(18)24(26)27/h3-10H,2,11-15H2,1H3,(H,21,25). The van der Waals surface area contributed by atoms with Crippen LogP contribution in [0.4, 0.5) is 17.1 Å². The van der Waals surface area contributed by atoms with Crippen LogP contribution in [0.25, 0.3) is 0 Å². The number of rotatable bonds is 6. The van der Waals surface area contributed by atoms with Gasteiger partial charge in [-0.3, -0.25) is 19.8 Å². The van der Waals surface area contributed by atoms with Crippen LogP contribution in [0.5, 0.6) is 0 Å². The van der Waals surface area contributed by atoms with Crippen molar-refractivity contribution in [3.05, 3.63) is 64.2 Å². The van der Waals surface area contributed by atoms with Crippen LogP contribution in [0.2, 0.25) is 0 Å². The van der Waals surface area contributed by atoms with E-state index in [1.165, 1.54) is 11.6 Å². The lowest BCUT2D eigenvalue weighted by Crippen LogP contribution is -2.48. The zero-order valence-corrected chi connectivity index (χ0v) is 15.4. The van der Waals surface area contributed by atoms with Gasteiger partial charge in [0.05, 0.1) is 11.5 Å². The molecule has 142 valence electrons. The van der Waals surface area contributed by atoms with Gasteiger partial charge in [-0.25, -0.2) is 0 Å². The highest BCUT2D eigenvalue weighted by Crippen LogP contribution is 2.28. The minimum absolute atomic E-state index is 0.0432. The lowest BCUT2D eigenvalue weighted by molar-refractivity contribution is -0.384. The highest BCUT2D eigenvalue weighted by atomic mass is 16.6. The Morgan fingerprint density at radius 1 is 1.07 bits per heavy atom. The van der Waals surface area contributed by atoms with E-state index in [-0.39, 0.29) is 16.5 Å². The number of anilines is 2. The van der Waals surface area contributed by atoms with Crippen molar-refractivity contribution in [1.82, 2.24) is 4.90 Å². The maximum Gasteiger partial charge on any atom is 0.292 e. The van der Waals surface area contributed by atoms with Gasteiger partial charge in [-0.1, -0.05) is 31.2 Å². The van der Waals surface area contributed by atoms with Gasteiger partial charge in [-0.2, -0.15) is 0 Å². The summed E-state index contributed by atoms with van der Waals surface area (Å²) in [6, 6.07) is 14.7. The minimum Gasteiger partial charge on any atom is -0.363 e. The summed E-state index contributed by atoms with van der Waals surface area (Å²) in [6.07, 6.45) is 0.970. The third kappa shape index (κ3) is 4.83. The molecule has 0 radical (unpaired) electrons. The maximum atomic E-state index is 12.3. The molecule has 0 bridgehead atoms. The Bertz CT molecular complexity index is 799. The summed E-state index contributed by atoms with van der Waals surface area (Å²) in [6.45, 7) is 5.10. The summed E-state index contributed by atoms with van der Waals surface area (Å²) >= 11 is 0. The Morgan fingerprint density at radius 3 is 2.37 bits per heavy atom. The predicted molar refractivity (Wildman–Crippen MR) is 106 cm³/mol. The van der Waals surface area contributed by atoms with Gasteiger partial charge in [-0.05, 0) is 30.2 Å². The Kier molecular flexibility index (Phi) is 6.03. The number of para-hydroxylation sites is 2. The molecule has 1 aliphatic heterocycles. The Morgan fingerprint density at radius 2 is 1.74 bits per heavy atom. The second-order valence-electron chi connectivity index (χ2n) is 6.61. The molecule has 1 heterocycles. The number of benzene rings is 2. The molecule has 0 saturated carbocycles. The van der Waals surface area contributed by atoms with Gasteiger partial charge in [0.25, 0.3) is 5.69 Å². The average Bonchev–Trinajstić information content (AvgIpc) is 2.69. The maximum absolute atomic E-state index is 12.3. The van der Waals surface area contributed by atoms with E-state index in [9.17, 15) is 14.9 Å². The molecule has 0 aromatic heterocycles. The number of hydrogen-bond acceptors (Lipinski definition) is 5. The number of nitrogens with one attached hydrogen (secondary N) is 1. The highest BCUT2D eigenvalue weighted by Gasteiger charge is 2.24. The largest absolute Gasteiger partial charge is 0.363 e. The van der Waals surface area contributed by atoms with Gasteiger partial charge >= 0.3 is 0 Å². The molecular formula is C20H24N4O3. The van der Waals surface area contributed by atoms with Gasteiger partial charge in [-0.15, -0.1) is 0 Å². The average molecular weight is 368 g/mol. The number of nitro benzene ring substituents is 1. The Balaban J connectivity index is 1.52. The van der Waals surface area contributed by atoms with Crippen molar-refractivity contribution >= 4 is 23.0 Å². The quantitative estimate of drug-likeness (QED) is 0.626. The molecule has 7 heteroatoms. The van der Waals surface area contributed by atoms with E-state index in [0.29, 0.717) is 38.4 Å². The number of nitro groups is 1. The lowest BCUT2D eigenvalue weighted by atomic mass is 10.1. The van der Waals surface area contributed by atoms with E-state index in [0.717, 1.165) is 12.1 Å². The van der Waals surface area contributed by atoms with Gasteiger partial charge in [0, 0.05) is 37.9 Å². The van der Waals surface area contributed by atoms with E-state index in [4.69, 9.17) is 0 Å². The molecule has 1 N–H and O–H groups in total. The van der Waals surface area contributed by atoms with Crippen LogP contribution in [0, 0.1) is 10.1 Å². The van der Waals surface area contributed by atoms with Gasteiger partial charge < -0.3 is 10.2 Å². The molecule has 7 nitrogen and oxygen atoms in total. The number of carbonyl (C=O) groups excluding carboxylic acids is 1. The van der Waals surface area contributed by atoms with Crippen LogP contribution in [0.15, 0.2) is 48.5 Å². The molecule has 0 spiro atoms. The molecule has 3 rings (SSSR count). The van der Waals surface area contributed by atoms with Crippen LogP contribution in [0.3, 0.4) is 0 Å². The molecule has 27 heavy (non-hydrogen) atoms. The summed E-state index contributed by atoms with van der Waals surface area (Å²) in [5.74, 6) is -0.0432. The van der Waals surface area contributed by atoms with E-state index >= 15 is 0 Å². The molecule has 0 aliphatic carbocycles. The first-order chi connectivity index (χ1) is 13.1. The lowest BCUT2D eigenvalue weighted by Gasteiger charge is -2.35. The molecule has 2 aromatic carbocycles. The van der Waals surface area contributed by atoms with Crippen molar-refractivity contribution in [3.63, 3.8) is 0 Å². The normalized spacial score (nSPS) is 14.8. The summed E-state index contributed by atoms with van der Waals surface area (Å²) in [4.78, 5) is 27.2. The number of aryl methyl sites for hydroxylation is 1. The van der Waals surface area contributed by atoms with Crippen LogP contribution >= 0.6 is 0 Å². The second kappa shape index (κ2) is 8.64.